The van der Waals surface area contributed by atoms with E-state index in [2.05, 4.69) is 15.6 Å². The van der Waals surface area contributed by atoms with E-state index < -0.39 is 5.60 Å². The van der Waals surface area contributed by atoms with E-state index in [9.17, 15) is 4.79 Å². The summed E-state index contributed by atoms with van der Waals surface area (Å²) in [6.07, 6.45) is 1.39. The molecule has 0 aliphatic rings. The van der Waals surface area contributed by atoms with E-state index in [0.29, 0.717) is 19.6 Å². The van der Waals surface area contributed by atoms with Crippen molar-refractivity contribution in [2.45, 2.75) is 39.8 Å². The Hall–Kier alpha value is -1.62. The van der Waals surface area contributed by atoms with E-state index in [1.54, 1.807) is 6.20 Å². The molecule has 1 rings (SSSR count). The Morgan fingerprint density at radius 3 is 2.74 bits per heavy atom. The van der Waals surface area contributed by atoms with Gasteiger partial charge in [-0.2, -0.15) is 0 Å². The molecule has 0 aliphatic heterocycles. The third kappa shape index (κ3) is 6.76. The highest BCUT2D eigenvalue weighted by atomic mass is 16.6. The Morgan fingerprint density at radius 1 is 1.37 bits per heavy atom. The highest BCUT2D eigenvalue weighted by Crippen LogP contribution is 2.06. The van der Waals surface area contributed by atoms with Gasteiger partial charge in [0.05, 0.1) is 5.69 Å². The second kappa shape index (κ2) is 7.09. The predicted molar refractivity (Wildman–Crippen MR) is 74.9 cm³/mol. The minimum Gasteiger partial charge on any atom is -0.444 e. The molecule has 0 bridgehead atoms. The smallest absolute Gasteiger partial charge is 0.407 e. The highest BCUT2D eigenvalue weighted by Gasteiger charge is 2.15. The van der Waals surface area contributed by atoms with Gasteiger partial charge in [-0.3, -0.25) is 4.98 Å². The molecular formula is C14H23N3O2. The number of hydrogen-bond donors (Lipinski definition) is 2. The quantitative estimate of drug-likeness (QED) is 0.799. The van der Waals surface area contributed by atoms with Crippen molar-refractivity contribution in [2.24, 2.45) is 0 Å². The van der Waals surface area contributed by atoms with Crippen LogP contribution in [-0.2, 0) is 11.3 Å². The fourth-order valence-electron chi connectivity index (χ4n) is 1.48. The maximum atomic E-state index is 11.4. The number of aromatic nitrogens is 1. The van der Waals surface area contributed by atoms with Crippen molar-refractivity contribution in [1.82, 2.24) is 15.6 Å². The van der Waals surface area contributed by atoms with Crippen LogP contribution in [0.25, 0.3) is 0 Å². The Balaban J connectivity index is 2.15. The monoisotopic (exact) mass is 265 g/mol. The average Bonchev–Trinajstić information content (AvgIpc) is 2.28. The van der Waals surface area contributed by atoms with E-state index in [1.165, 1.54) is 0 Å². The van der Waals surface area contributed by atoms with Crippen molar-refractivity contribution >= 4 is 6.09 Å². The molecule has 5 nitrogen and oxygen atoms in total. The summed E-state index contributed by atoms with van der Waals surface area (Å²) in [5, 5.41) is 5.92. The van der Waals surface area contributed by atoms with Crippen molar-refractivity contribution in [3.63, 3.8) is 0 Å². The molecule has 0 saturated carbocycles. The van der Waals surface area contributed by atoms with Crippen LogP contribution in [0.3, 0.4) is 0 Å². The van der Waals surface area contributed by atoms with Gasteiger partial charge in [0.2, 0.25) is 0 Å². The van der Waals surface area contributed by atoms with Gasteiger partial charge in [-0.15, -0.1) is 0 Å². The number of rotatable bonds is 5. The summed E-state index contributed by atoms with van der Waals surface area (Å²) < 4.78 is 5.13. The molecule has 1 amide bonds. The van der Waals surface area contributed by atoms with Crippen LogP contribution in [0, 0.1) is 6.92 Å². The van der Waals surface area contributed by atoms with Crippen LogP contribution in [0.1, 0.15) is 32.0 Å². The lowest BCUT2D eigenvalue weighted by Gasteiger charge is -2.19. The lowest BCUT2D eigenvalue weighted by atomic mass is 10.2. The molecule has 0 unspecified atom stereocenters. The van der Waals surface area contributed by atoms with Crippen LogP contribution >= 0.6 is 0 Å². The van der Waals surface area contributed by atoms with Gasteiger partial charge in [-0.1, -0.05) is 6.07 Å². The number of hydrogen-bond acceptors (Lipinski definition) is 4. The standard InChI is InChI=1S/C14H23N3O2/c1-11-6-5-7-16-12(11)10-15-8-9-17-13(18)19-14(2,3)4/h5-7,15H,8-10H2,1-4H3,(H,17,18). The minimum absolute atomic E-state index is 0.386. The lowest BCUT2D eigenvalue weighted by molar-refractivity contribution is 0.0528. The van der Waals surface area contributed by atoms with Crippen molar-refractivity contribution in [1.29, 1.82) is 0 Å². The average molecular weight is 265 g/mol. The SMILES string of the molecule is Cc1cccnc1CNCCNC(=O)OC(C)(C)C. The molecule has 2 N–H and O–H groups in total. The number of carbonyl (C=O) groups excluding carboxylic acids is 1. The number of alkyl carbamates (subject to hydrolysis) is 1. The fraction of sp³-hybridized carbons (Fsp3) is 0.571. The molecule has 0 aliphatic carbocycles. The van der Waals surface area contributed by atoms with Crippen molar-refractivity contribution in [2.75, 3.05) is 13.1 Å². The number of aryl methyl sites for hydroxylation is 1. The van der Waals surface area contributed by atoms with E-state index in [4.69, 9.17) is 4.74 Å². The highest BCUT2D eigenvalue weighted by molar-refractivity contribution is 5.67. The zero-order valence-corrected chi connectivity index (χ0v) is 12.1. The number of nitrogens with one attached hydrogen (secondary N) is 2. The first-order valence-corrected chi connectivity index (χ1v) is 6.46. The second-order valence-electron chi connectivity index (χ2n) is 5.37. The lowest BCUT2D eigenvalue weighted by Crippen LogP contribution is -2.36. The minimum atomic E-state index is -0.456. The molecule has 0 fully saturated rings. The zero-order valence-electron chi connectivity index (χ0n) is 12.1. The van der Waals surface area contributed by atoms with Gasteiger partial charge in [-0.25, -0.2) is 4.79 Å². The topological polar surface area (TPSA) is 63.2 Å². The molecule has 5 heteroatoms. The van der Waals surface area contributed by atoms with Gasteiger partial charge in [-0.05, 0) is 39.3 Å². The summed E-state index contributed by atoms with van der Waals surface area (Å²) in [5.41, 5.74) is 1.73. The van der Waals surface area contributed by atoms with Crippen LogP contribution in [0.15, 0.2) is 18.3 Å². The Bertz CT molecular complexity index is 413. The number of ether oxygens (including phenoxy) is 1. The summed E-state index contributed by atoms with van der Waals surface area (Å²) >= 11 is 0. The summed E-state index contributed by atoms with van der Waals surface area (Å²) in [6, 6.07) is 3.95. The third-order valence-electron chi connectivity index (χ3n) is 2.38. The van der Waals surface area contributed by atoms with E-state index in [0.717, 1.165) is 11.3 Å². The first-order valence-electron chi connectivity index (χ1n) is 6.46. The maximum Gasteiger partial charge on any atom is 0.407 e. The Morgan fingerprint density at radius 2 is 2.11 bits per heavy atom. The summed E-state index contributed by atoms with van der Waals surface area (Å²) in [7, 11) is 0. The molecule has 0 spiro atoms. The first-order chi connectivity index (χ1) is 8.88. The van der Waals surface area contributed by atoms with Crippen molar-refractivity contribution in [3.05, 3.63) is 29.6 Å². The van der Waals surface area contributed by atoms with Crippen molar-refractivity contribution < 1.29 is 9.53 Å². The fourth-order valence-corrected chi connectivity index (χ4v) is 1.48. The second-order valence-corrected chi connectivity index (χ2v) is 5.37. The normalized spacial score (nSPS) is 11.2. The van der Waals surface area contributed by atoms with Crippen LogP contribution in [0.4, 0.5) is 4.79 Å². The molecule has 0 atom stereocenters. The van der Waals surface area contributed by atoms with Gasteiger partial charge in [0.15, 0.2) is 0 Å². The third-order valence-corrected chi connectivity index (χ3v) is 2.38. The number of pyridine rings is 1. The molecular weight excluding hydrogens is 242 g/mol. The summed E-state index contributed by atoms with van der Waals surface area (Å²) in [4.78, 5) is 15.7. The number of nitrogens with zero attached hydrogens (tertiary/aromatic N) is 1. The molecule has 0 saturated heterocycles. The van der Waals surface area contributed by atoms with Gasteiger partial charge in [0, 0.05) is 25.8 Å². The van der Waals surface area contributed by atoms with Crippen LogP contribution in [-0.4, -0.2) is 29.8 Å². The predicted octanol–water partition coefficient (Wildman–Crippen LogP) is 2.00. The molecule has 0 aromatic carbocycles. The zero-order chi connectivity index (χ0) is 14.3. The van der Waals surface area contributed by atoms with Gasteiger partial charge < -0.3 is 15.4 Å². The van der Waals surface area contributed by atoms with Crippen LogP contribution in [0.2, 0.25) is 0 Å². The van der Waals surface area contributed by atoms with Crippen molar-refractivity contribution in [3.8, 4) is 0 Å². The number of carbonyl (C=O) groups is 1. The summed E-state index contributed by atoms with van der Waals surface area (Å²) in [5.74, 6) is 0. The summed E-state index contributed by atoms with van der Waals surface area (Å²) in [6.45, 7) is 9.46. The number of amides is 1. The van der Waals surface area contributed by atoms with E-state index in [1.807, 2.05) is 39.8 Å². The molecule has 1 aromatic rings. The van der Waals surface area contributed by atoms with Gasteiger partial charge in [0.1, 0.15) is 5.60 Å². The van der Waals surface area contributed by atoms with Crippen LogP contribution in [0.5, 0.6) is 0 Å². The Labute approximate surface area is 114 Å². The molecule has 1 aromatic heterocycles. The van der Waals surface area contributed by atoms with E-state index in [-0.39, 0.29) is 6.09 Å². The first kappa shape index (κ1) is 15.4. The van der Waals surface area contributed by atoms with Gasteiger partial charge >= 0.3 is 6.09 Å². The molecule has 0 radical (unpaired) electrons. The van der Waals surface area contributed by atoms with Crippen LogP contribution < -0.4 is 10.6 Å². The molecule has 19 heavy (non-hydrogen) atoms. The largest absolute Gasteiger partial charge is 0.444 e. The van der Waals surface area contributed by atoms with Gasteiger partial charge in [0.25, 0.3) is 0 Å². The maximum absolute atomic E-state index is 11.4. The molecule has 106 valence electrons. The van der Waals surface area contributed by atoms with E-state index >= 15 is 0 Å². The Kier molecular flexibility index (Phi) is 5.76. The molecule has 1 heterocycles.